The molecule has 0 atom stereocenters. The summed E-state index contributed by atoms with van der Waals surface area (Å²) in [5.41, 5.74) is 7.15. The lowest BCUT2D eigenvalue weighted by Crippen LogP contribution is -2.27. The number of aryl methyl sites for hydroxylation is 1. The molecule has 5 rings (SSSR count). The summed E-state index contributed by atoms with van der Waals surface area (Å²) >= 11 is 6.61. The van der Waals surface area contributed by atoms with Crippen LogP contribution in [0.5, 0.6) is 5.75 Å². The summed E-state index contributed by atoms with van der Waals surface area (Å²) in [7, 11) is 1.63. The van der Waals surface area contributed by atoms with Gasteiger partial charge in [-0.05, 0) is 37.1 Å². The highest BCUT2D eigenvalue weighted by molar-refractivity contribution is 6.33. The van der Waals surface area contributed by atoms with Gasteiger partial charge in [0.25, 0.3) is 0 Å². The molecular weight excluding hydrogens is 436 g/mol. The number of nitrogens with zero attached hydrogens (tertiary/aromatic N) is 4. The molecule has 0 saturated heterocycles. The van der Waals surface area contributed by atoms with E-state index in [1.165, 1.54) is 11.1 Å². The second-order valence-electron chi connectivity index (χ2n) is 8.40. The number of anilines is 1. The molecule has 0 bridgehead atoms. The average molecular weight is 463 g/mol. The van der Waals surface area contributed by atoms with Crippen LogP contribution in [-0.2, 0) is 24.5 Å². The summed E-state index contributed by atoms with van der Waals surface area (Å²) in [6.45, 7) is 7.04. The molecule has 0 unspecified atom stereocenters. The predicted molar refractivity (Wildman–Crippen MR) is 131 cm³/mol. The van der Waals surface area contributed by atoms with E-state index >= 15 is 0 Å². The lowest BCUT2D eigenvalue weighted by Gasteiger charge is -2.27. The molecule has 3 heterocycles. The number of methoxy groups -OCH3 is 1. The maximum absolute atomic E-state index is 6.61. The zero-order chi connectivity index (χ0) is 22.9. The molecular formula is C26H27ClN4O2. The summed E-state index contributed by atoms with van der Waals surface area (Å²) in [5.74, 6) is 1.76. The van der Waals surface area contributed by atoms with Gasteiger partial charge in [0.15, 0.2) is 5.65 Å². The fourth-order valence-corrected chi connectivity index (χ4v) is 4.65. The number of benzene rings is 2. The van der Waals surface area contributed by atoms with Crippen molar-refractivity contribution in [3.05, 3.63) is 76.1 Å². The van der Waals surface area contributed by atoms with Gasteiger partial charge in [0.1, 0.15) is 11.6 Å². The van der Waals surface area contributed by atoms with Crippen LogP contribution < -0.4 is 9.64 Å². The second kappa shape index (κ2) is 9.04. The van der Waals surface area contributed by atoms with Crippen molar-refractivity contribution < 1.29 is 9.47 Å². The summed E-state index contributed by atoms with van der Waals surface area (Å²) < 4.78 is 13.1. The Morgan fingerprint density at radius 3 is 2.67 bits per heavy atom. The monoisotopic (exact) mass is 462 g/mol. The molecule has 33 heavy (non-hydrogen) atoms. The summed E-state index contributed by atoms with van der Waals surface area (Å²) in [6, 6.07) is 14.4. The predicted octanol–water partition coefficient (Wildman–Crippen LogP) is 5.81. The van der Waals surface area contributed by atoms with Gasteiger partial charge in [-0.25, -0.2) is 4.98 Å². The van der Waals surface area contributed by atoms with Gasteiger partial charge in [-0.3, -0.25) is 0 Å². The van der Waals surface area contributed by atoms with Crippen molar-refractivity contribution in [1.82, 2.24) is 14.6 Å². The molecule has 0 radical (unpaired) electrons. The number of fused-ring (bicyclic) bond motifs is 2. The molecule has 2 aromatic carbocycles. The molecule has 0 N–H and O–H groups in total. The van der Waals surface area contributed by atoms with E-state index in [4.69, 9.17) is 31.2 Å². The molecule has 0 fully saturated rings. The van der Waals surface area contributed by atoms with Crippen molar-refractivity contribution in [1.29, 1.82) is 0 Å². The quantitative estimate of drug-likeness (QED) is 0.346. The van der Waals surface area contributed by atoms with Crippen LogP contribution in [0, 0.1) is 6.92 Å². The highest BCUT2D eigenvalue weighted by Gasteiger charge is 2.27. The molecule has 4 aromatic rings. The minimum atomic E-state index is 0.504. The van der Waals surface area contributed by atoms with E-state index < -0.39 is 0 Å². The minimum absolute atomic E-state index is 0.504. The second-order valence-corrected chi connectivity index (χ2v) is 8.81. The Balaban J connectivity index is 1.66. The van der Waals surface area contributed by atoms with Crippen LogP contribution in [0.4, 0.5) is 5.82 Å². The van der Waals surface area contributed by atoms with Crippen LogP contribution in [-0.4, -0.2) is 28.3 Å². The molecule has 170 valence electrons. The van der Waals surface area contributed by atoms with Crippen LogP contribution in [0.15, 0.2) is 48.7 Å². The molecule has 7 heteroatoms. The van der Waals surface area contributed by atoms with Crippen molar-refractivity contribution in [2.75, 3.05) is 18.6 Å². The van der Waals surface area contributed by atoms with E-state index in [-0.39, 0.29) is 0 Å². The number of aromatic nitrogens is 3. The fraction of sp³-hybridized carbons (Fsp3) is 0.308. The number of hydrogen-bond acceptors (Lipinski definition) is 5. The van der Waals surface area contributed by atoms with Gasteiger partial charge in [-0.1, -0.05) is 48.4 Å². The van der Waals surface area contributed by atoms with Crippen LogP contribution in [0.1, 0.15) is 35.7 Å². The fourth-order valence-electron chi connectivity index (χ4n) is 4.37. The van der Waals surface area contributed by atoms with Gasteiger partial charge >= 0.3 is 0 Å². The SMILES string of the molecule is CCCN(Cc1ccc(C)cc1)c1c2c(nc3c(-c4ccc(OC)cc4Cl)cnn13)COC2. The zero-order valence-electron chi connectivity index (χ0n) is 19.1. The highest BCUT2D eigenvalue weighted by atomic mass is 35.5. The van der Waals surface area contributed by atoms with Crippen molar-refractivity contribution in [3.8, 4) is 16.9 Å². The molecule has 6 nitrogen and oxygen atoms in total. The molecule has 0 amide bonds. The summed E-state index contributed by atoms with van der Waals surface area (Å²) in [5, 5.41) is 5.39. The van der Waals surface area contributed by atoms with Gasteiger partial charge in [0.2, 0.25) is 0 Å². The van der Waals surface area contributed by atoms with Gasteiger partial charge < -0.3 is 14.4 Å². The first-order valence-corrected chi connectivity index (χ1v) is 11.6. The number of rotatable bonds is 7. The first kappa shape index (κ1) is 21.7. The van der Waals surface area contributed by atoms with Gasteiger partial charge in [-0.15, -0.1) is 0 Å². The molecule has 1 aliphatic rings. The van der Waals surface area contributed by atoms with E-state index in [9.17, 15) is 0 Å². The van der Waals surface area contributed by atoms with Crippen LogP contribution in [0.25, 0.3) is 16.8 Å². The third-order valence-electron chi connectivity index (χ3n) is 6.04. The summed E-state index contributed by atoms with van der Waals surface area (Å²) in [6.07, 6.45) is 2.87. The Bertz CT molecular complexity index is 1300. The van der Waals surface area contributed by atoms with Crippen LogP contribution in [0.2, 0.25) is 5.02 Å². The Morgan fingerprint density at radius 2 is 1.94 bits per heavy atom. The first-order valence-electron chi connectivity index (χ1n) is 11.2. The van der Waals surface area contributed by atoms with Crippen molar-refractivity contribution in [2.45, 2.75) is 40.0 Å². The van der Waals surface area contributed by atoms with Gasteiger partial charge in [0, 0.05) is 29.8 Å². The standard InChI is InChI=1S/C26H27ClN4O2/c1-4-11-30(14-18-7-5-17(2)6-8-18)26-22-15-33-16-24(22)29-25-21(13-28-31(25)26)20-10-9-19(32-3)12-23(20)27/h5-10,12-13H,4,11,14-16H2,1-3H3. The lowest BCUT2D eigenvalue weighted by atomic mass is 10.1. The largest absolute Gasteiger partial charge is 0.497 e. The Morgan fingerprint density at radius 1 is 1.12 bits per heavy atom. The lowest BCUT2D eigenvalue weighted by molar-refractivity contribution is 0.133. The van der Waals surface area contributed by atoms with Crippen LogP contribution >= 0.6 is 11.6 Å². The smallest absolute Gasteiger partial charge is 0.165 e. The van der Waals surface area contributed by atoms with Crippen molar-refractivity contribution >= 4 is 23.1 Å². The maximum Gasteiger partial charge on any atom is 0.165 e. The van der Waals surface area contributed by atoms with Gasteiger partial charge in [0.05, 0.1) is 37.2 Å². The van der Waals surface area contributed by atoms with Crippen molar-refractivity contribution in [2.24, 2.45) is 0 Å². The number of hydrogen-bond donors (Lipinski definition) is 0. The van der Waals surface area contributed by atoms with E-state index in [1.54, 1.807) is 7.11 Å². The first-order chi connectivity index (χ1) is 16.1. The third kappa shape index (κ3) is 4.05. The van der Waals surface area contributed by atoms with E-state index in [1.807, 2.05) is 28.9 Å². The molecule has 0 spiro atoms. The zero-order valence-corrected chi connectivity index (χ0v) is 19.9. The third-order valence-corrected chi connectivity index (χ3v) is 6.35. The Kier molecular flexibility index (Phi) is 5.96. The number of halogens is 1. The molecule has 0 aliphatic carbocycles. The highest BCUT2D eigenvalue weighted by Crippen LogP contribution is 2.37. The van der Waals surface area contributed by atoms with Crippen LogP contribution in [0.3, 0.4) is 0 Å². The average Bonchev–Trinajstić information content (AvgIpc) is 3.45. The van der Waals surface area contributed by atoms with Gasteiger partial charge in [-0.2, -0.15) is 9.61 Å². The Labute approximate surface area is 198 Å². The molecule has 1 aliphatic heterocycles. The maximum atomic E-state index is 6.61. The van der Waals surface area contributed by atoms with Crippen molar-refractivity contribution in [3.63, 3.8) is 0 Å². The topological polar surface area (TPSA) is 51.9 Å². The van der Waals surface area contributed by atoms with E-state index in [0.717, 1.165) is 59.1 Å². The molecule has 0 saturated carbocycles. The minimum Gasteiger partial charge on any atom is -0.497 e. The van der Waals surface area contributed by atoms with E-state index in [2.05, 4.69) is 43.0 Å². The number of ether oxygens (including phenoxy) is 2. The molecule has 2 aromatic heterocycles. The normalized spacial score (nSPS) is 12.8. The summed E-state index contributed by atoms with van der Waals surface area (Å²) in [4.78, 5) is 7.34. The van der Waals surface area contributed by atoms with E-state index in [0.29, 0.717) is 18.2 Å². The Hall–Kier alpha value is -3.09.